The number of carbonyl (C=O) groups excluding carboxylic acids is 1. The minimum Gasteiger partial charge on any atom is -0.383 e. The number of hydrogen-bond acceptors (Lipinski definition) is 4. The monoisotopic (exact) mass is 293 g/mol. The van der Waals surface area contributed by atoms with Gasteiger partial charge in [-0.25, -0.2) is 4.68 Å². The highest BCUT2D eigenvalue weighted by molar-refractivity contribution is 6.41. The Morgan fingerprint density at radius 2 is 2.28 bits per heavy atom. The summed E-state index contributed by atoms with van der Waals surface area (Å²) in [6.07, 6.45) is 1.22. The van der Waals surface area contributed by atoms with Crippen LogP contribution in [0.4, 0.5) is 0 Å². The zero-order chi connectivity index (χ0) is 13.7. The van der Waals surface area contributed by atoms with Crippen molar-refractivity contribution in [2.75, 3.05) is 13.7 Å². The number of rotatable bonds is 5. The van der Waals surface area contributed by atoms with Crippen molar-refractivity contribution in [1.29, 1.82) is 0 Å². The van der Waals surface area contributed by atoms with Crippen molar-refractivity contribution in [3.05, 3.63) is 26.6 Å². The van der Waals surface area contributed by atoms with Crippen molar-refractivity contribution in [1.82, 2.24) is 15.1 Å². The molecule has 1 unspecified atom stereocenters. The van der Waals surface area contributed by atoms with Crippen LogP contribution >= 0.6 is 23.2 Å². The van der Waals surface area contributed by atoms with Gasteiger partial charge in [0, 0.05) is 13.2 Å². The first-order chi connectivity index (χ1) is 8.45. The van der Waals surface area contributed by atoms with E-state index in [1.54, 1.807) is 6.92 Å². The Hall–Kier alpha value is -1.11. The van der Waals surface area contributed by atoms with E-state index in [9.17, 15) is 9.59 Å². The van der Waals surface area contributed by atoms with Gasteiger partial charge in [0.05, 0.1) is 17.8 Å². The lowest BCUT2D eigenvalue weighted by molar-refractivity contribution is -0.122. The first kappa shape index (κ1) is 14.9. The summed E-state index contributed by atoms with van der Waals surface area (Å²) in [7, 11) is 1.54. The summed E-state index contributed by atoms with van der Waals surface area (Å²) in [6.45, 7) is 1.95. The normalized spacial score (nSPS) is 12.2. The van der Waals surface area contributed by atoms with Crippen LogP contribution in [0.25, 0.3) is 0 Å². The molecule has 1 rings (SSSR count). The summed E-state index contributed by atoms with van der Waals surface area (Å²) in [5, 5.41) is 6.29. The fourth-order valence-corrected chi connectivity index (χ4v) is 1.58. The van der Waals surface area contributed by atoms with Gasteiger partial charge in [-0.1, -0.05) is 23.2 Å². The summed E-state index contributed by atoms with van der Waals surface area (Å²) in [4.78, 5) is 23.2. The Kier molecular flexibility index (Phi) is 5.58. The Morgan fingerprint density at radius 1 is 1.61 bits per heavy atom. The molecule has 0 aliphatic carbocycles. The van der Waals surface area contributed by atoms with E-state index in [2.05, 4.69) is 10.4 Å². The van der Waals surface area contributed by atoms with Gasteiger partial charge in [-0.05, 0) is 6.92 Å². The van der Waals surface area contributed by atoms with E-state index in [1.807, 2.05) is 0 Å². The summed E-state index contributed by atoms with van der Waals surface area (Å²) in [6, 6.07) is -0.152. The Labute approximate surface area is 114 Å². The second-order valence-corrected chi connectivity index (χ2v) is 4.48. The third-order valence-electron chi connectivity index (χ3n) is 2.06. The molecule has 1 atom stereocenters. The van der Waals surface area contributed by atoms with Gasteiger partial charge in [0.1, 0.15) is 11.6 Å². The maximum Gasteiger partial charge on any atom is 0.287 e. The van der Waals surface area contributed by atoms with Crippen LogP contribution in [-0.4, -0.2) is 35.4 Å². The topological polar surface area (TPSA) is 73.2 Å². The smallest absolute Gasteiger partial charge is 0.287 e. The predicted octanol–water partition coefficient (Wildman–Crippen LogP) is 0.701. The molecule has 1 aromatic rings. The molecule has 0 aliphatic rings. The predicted molar refractivity (Wildman–Crippen MR) is 68.0 cm³/mol. The van der Waals surface area contributed by atoms with E-state index >= 15 is 0 Å². The third kappa shape index (κ3) is 3.97. The van der Waals surface area contributed by atoms with Crippen LogP contribution in [0, 0.1) is 0 Å². The molecule has 0 bridgehead atoms. The number of nitrogens with zero attached hydrogens (tertiary/aromatic N) is 2. The number of halogens is 2. The summed E-state index contributed by atoms with van der Waals surface area (Å²) in [5.74, 6) is -0.354. The first-order valence-electron chi connectivity index (χ1n) is 5.15. The number of hydrogen-bond donors (Lipinski definition) is 1. The molecule has 0 aliphatic heterocycles. The second-order valence-electron chi connectivity index (χ2n) is 3.69. The summed E-state index contributed by atoms with van der Waals surface area (Å²) in [5.41, 5.74) is -0.598. The van der Waals surface area contributed by atoms with E-state index in [-0.39, 0.29) is 28.5 Å². The molecule has 0 saturated carbocycles. The molecule has 1 heterocycles. The molecule has 18 heavy (non-hydrogen) atoms. The highest BCUT2D eigenvalue weighted by Crippen LogP contribution is 2.14. The number of carbonyl (C=O) groups is 1. The number of amides is 1. The highest BCUT2D eigenvalue weighted by Gasteiger charge is 2.12. The van der Waals surface area contributed by atoms with Crippen molar-refractivity contribution < 1.29 is 9.53 Å². The summed E-state index contributed by atoms with van der Waals surface area (Å²) < 4.78 is 5.82. The lowest BCUT2D eigenvalue weighted by Crippen LogP contribution is -2.40. The van der Waals surface area contributed by atoms with Crippen LogP contribution in [0.1, 0.15) is 6.92 Å². The third-order valence-corrected chi connectivity index (χ3v) is 2.81. The van der Waals surface area contributed by atoms with Crippen molar-refractivity contribution in [2.24, 2.45) is 0 Å². The second kappa shape index (κ2) is 6.72. The SMILES string of the molecule is COCC(C)NC(=O)Cn1ncc(Cl)c(Cl)c1=O. The van der Waals surface area contributed by atoms with Crippen LogP contribution in [0.5, 0.6) is 0 Å². The Bertz CT molecular complexity index is 490. The van der Waals surface area contributed by atoms with Crippen LogP contribution in [0.2, 0.25) is 10.0 Å². The first-order valence-corrected chi connectivity index (χ1v) is 5.90. The van der Waals surface area contributed by atoms with Crippen molar-refractivity contribution >= 4 is 29.1 Å². The number of aromatic nitrogens is 2. The maximum absolute atomic E-state index is 11.6. The fourth-order valence-electron chi connectivity index (χ4n) is 1.31. The van der Waals surface area contributed by atoms with Gasteiger partial charge < -0.3 is 10.1 Å². The van der Waals surface area contributed by atoms with Crippen LogP contribution in [0.3, 0.4) is 0 Å². The Morgan fingerprint density at radius 3 is 2.89 bits per heavy atom. The maximum atomic E-state index is 11.6. The molecule has 8 heteroatoms. The van der Waals surface area contributed by atoms with E-state index in [0.717, 1.165) is 4.68 Å². The lowest BCUT2D eigenvalue weighted by Gasteiger charge is -2.13. The fraction of sp³-hybridized carbons (Fsp3) is 0.500. The van der Waals surface area contributed by atoms with Gasteiger partial charge in [0.2, 0.25) is 5.91 Å². The van der Waals surface area contributed by atoms with Gasteiger partial charge in [-0.3, -0.25) is 9.59 Å². The van der Waals surface area contributed by atoms with Crippen molar-refractivity contribution in [2.45, 2.75) is 19.5 Å². The van der Waals surface area contributed by atoms with E-state index < -0.39 is 5.56 Å². The molecular formula is C10H13Cl2N3O3. The molecule has 0 radical (unpaired) electrons. The molecule has 100 valence electrons. The van der Waals surface area contributed by atoms with Crippen LogP contribution < -0.4 is 10.9 Å². The minimum atomic E-state index is -0.598. The average Bonchev–Trinajstić information content (AvgIpc) is 2.30. The number of methoxy groups -OCH3 is 1. The van der Waals surface area contributed by atoms with Crippen molar-refractivity contribution in [3.63, 3.8) is 0 Å². The lowest BCUT2D eigenvalue weighted by atomic mass is 10.3. The number of nitrogens with one attached hydrogen (secondary N) is 1. The van der Waals surface area contributed by atoms with Crippen molar-refractivity contribution in [3.8, 4) is 0 Å². The van der Waals surface area contributed by atoms with Gasteiger partial charge in [0.15, 0.2) is 0 Å². The van der Waals surface area contributed by atoms with E-state index in [0.29, 0.717) is 6.61 Å². The molecule has 0 saturated heterocycles. The molecule has 0 spiro atoms. The Balaban J connectivity index is 2.71. The molecule has 1 aromatic heterocycles. The van der Waals surface area contributed by atoms with Crippen LogP contribution in [-0.2, 0) is 16.1 Å². The van der Waals surface area contributed by atoms with E-state index in [1.165, 1.54) is 13.3 Å². The zero-order valence-corrected chi connectivity index (χ0v) is 11.5. The summed E-state index contributed by atoms with van der Waals surface area (Å²) >= 11 is 11.3. The average molecular weight is 294 g/mol. The molecule has 6 nitrogen and oxygen atoms in total. The molecular weight excluding hydrogens is 281 g/mol. The molecule has 1 amide bonds. The van der Waals surface area contributed by atoms with Gasteiger partial charge in [-0.2, -0.15) is 5.10 Å². The van der Waals surface area contributed by atoms with Crippen LogP contribution in [0.15, 0.2) is 11.0 Å². The molecule has 0 aromatic carbocycles. The van der Waals surface area contributed by atoms with Gasteiger partial charge in [0.25, 0.3) is 5.56 Å². The van der Waals surface area contributed by atoms with Gasteiger partial charge in [-0.15, -0.1) is 0 Å². The molecule has 0 fully saturated rings. The number of ether oxygens (including phenoxy) is 1. The minimum absolute atomic E-state index is 0.0612. The quantitative estimate of drug-likeness (QED) is 0.867. The zero-order valence-electron chi connectivity index (χ0n) is 9.94. The van der Waals surface area contributed by atoms with Gasteiger partial charge >= 0.3 is 0 Å². The van der Waals surface area contributed by atoms with E-state index in [4.69, 9.17) is 27.9 Å². The molecule has 1 N–H and O–H groups in total. The standard InChI is InChI=1S/C10H13Cl2N3O3/c1-6(5-18-2)14-8(16)4-15-10(17)9(12)7(11)3-13-15/h3,6H,4-5H2,1-2H3,(H,14,16). The highest BCUT2D eigenvalue weighted by atomic mass is 35.5. The largest absolute Gasteiger partial charge is 0.383 e.